The number of H-pyrrole nitrogens is 1. The Balaban J connectivity index is 1.37. The number of thiazole rings is 1. The van der Waals surface area contributed by atoms with Crippen molar-refractivity contribution >= 4 is 22.2 Å². The van der Waals surface area contributed by atoms with E-state index >= 15 is 0 Å². The molecule has 5 heterocycles. The minimum absolute atomic E-state index is 0.0276. The third-order valence-corrected chi connectivity index (χ3v) is 8.57. The average molecular weight is 490 g/mol. The summed E-state index contributed by atoms with van der Waals surface area (Å²) in [6.07, 6.45) is 7.78. The summed E-state index contributed by atoms with van der Waals surface area (Å²) in [6.45, 7) is 4.79. The fraction of sp³-hybridized carbons (Fsp3) is 0.407. The first-order chi connectivity index (χ1) is 17.2. The minimum atomic E-state index is -0.0761. The van der Waals surface area contributed by atoms with E-state index in [2.05, 4.69) is 55.1 Å². The number of hydrogen-bond acceptors (Lipinski definition) is 7. The van der Waals surface area contributed by atoms with Crippen molar-refractivity contribution in [3.63, 3.8) is 0 Å². The quantitative estimate of drug-likeness (QED) is 0.425. The van der Waals surface area contributed by atoms with Gasteiger partial charge in [0.1, 0.15) is 10.8 Å². The smallest absolute Gasteiger partial charge is 0.120 e. The Hall–Kier alpha value is -2.78. The molecule has 1 aromatic carbocycles. The zero-order chi connectivity index (χ0) is 23.8. The van der Waals surface area contributed by atoms with E-state index in [1.165, 1.54) is 16.5 Å². The van der Waals surface area contributed by atoms with Gasteiger partial charge in [-0.1, -0.05) is 0 Å². The maximum atomic E-state index is 10.5. The molecule has 0 saturated carbocycles. The van der Waals surface area contributed by atoms with Gasteiger partial charge in [0.25, 0.3) is 0 Å². The van der Waals surface area contributed by atoms with E-state index in [1.54, 1.807) is 18.4 Å². The molecule has 0 radical (unpaired) electrons. The van der Waals surface area contributed by atoms with Crippen LogP contribution < -0.4 is 4.74 Å². The van der Waals surface area contributed by atoms with E-state index in [0.29, 0.717) is 0 Å². The number of aliphatic hydroxyl groups excluding tert-OH is 1. The molecule has 2 aliphatic rings. The fourth-order valence-electron chi connectivity index (χ4n) is 6.08. The maximum Gasteiger partial charge on any atom is 0.120 e. The van der Waals surface area contributed by atoms with Gasteiger partial charge in [-0.25, -0.2) is 4.98 Å². The highest BCUT2D eigenvalue weighted by Gasteiger charge is 2.47. The van der Waals surface area contributed by atoms with Gasteiger partial charge in [0.2, 0.25) is 0 Å². The van der Waals surface area contributed by atoms with Gasteiger partial charge in [0.15, 0.2) is 0 Å². The summed E-state index contributed by atoms with van der Waals surface area (Å²) in [5.74, 6) is 0.845. The molecule has 4 aromatic rings. The van der Waals surface area contributed by atoms with Crippen LogP contribution in [-0.4, -0.2) is 63.2 Å². The van der Waals surface area contributed by atoms with Gasteiger partial charge in [0.05, 0.1) is 26.3 Å². The molecule has 3 aromatic heterocycles. The molecule has 2 aliphatic heterocycles. The van der Waals surface area contributed by atoms with E-state index in [-0.39, 0.29) is 18.1 Å². The summed E-state index contributed by atoms with van der Waals surface area (Å²) in [5, 5.41) is 14.9. The number of ether oxygens (including phenoxy) is 1. The lowest BCUT2D eigenvalue weighted by atomic mass is 9.68. The Labute approximate surface area is 209 Å². The van der Waals surface area contributed by atoms with Crippen LogP contribution in [0.5, 0.6) is 5.75 Å². The van der Waals surface area contributed by atoms with E-state index in [4.69, 9.17) is 4.74 Å². The lowest BCUT2D eigenvalue weighted by Crippen LogP contribution is -2.53. The molecule has 0 amide bonds. The second-order valence-electron chi connectivity index (χ2n) is 9.77. The third kappa shape index (κ3) is 4.14. The van der Waals surface area contributed by atoms with Crippen LogP contribution in [0.3, 0.4) is 0 Å². The van der Waals surface area contributed by atoms with Crippen molar-refractivity contribution in [1.82, 2.24) is 24.8 Å². The normalized spacial score (nSPS) is 20.3. The zero-order valence-corrected chi connectivity index (χ0v) is 20.8. The van der Waals surface area contributed by atoms with Gasteiger partial charge in [-0.15, -0.1) is 11.3 Å². The van der Waals surface area contributed by atoms with E-state index in [9.17, 15) is 5.11 Å². The Kier molecular flexibility index (Phi) is 6.06. The van der Waals surface area contributed by atoms with Gasteiger partial charge in [-0.05, 0) is 61.3 Å². The highest BCUT2D eigenvalue weighted by atomic mass is 32.1. The number of likely N-dealkylation sites (tertiary alicyclic amines) is 1. The number of hydrogen-bond donors (Lipinski definition) is 2. The molecule has 0 bridgehead atoms. The van der Waals surface area contributed by atoms with Crippen LogP contribution in [0.4, 0.5) is 0 Å². The van der Waals surface area contributed by atoms with E-state index in [1.807, 2.05) is 24.0 Å². The number of aromatic amines is 1. The van der Waals surface area contributed by atoms with Crippen molar-refractivity contribution in [2.75, 3.05) is 33.4 Å². The fourth-order valence-corrected chi connectivity index (χ4v) is 6.72. The molecule has 35 heavy (non-hydrogen) atoms. The number of benzene rings is 1. The number of pyridine rings is 1. The SMILES string of the molecule is COc1ccc2c3c([nH]c2c1)[C@@H](CO)N(Cc1nccs1)CC31CCN(Cc2ccncc2)CC1. The van der Waals surface area contributed by atoms with Crippen molar-refractivity contribution in [3.05, 3.63) is 76.1 Å². The molecule has 1 atom stereocenters. The second kappa shape index (κ2) is 9.35. The van der Waals surface area contributed by atoms with Crippen LogP contribution in [0.1, 0.15) is 40.7 Å². The van der Waals surface area contributed by atoms with Gasteiger partial charge in [-0.2, -0.15) is 0 Å². The van der Waals surface area contributed by atoms with Crippen LogP contribution in [0.25, 0.3) is 10.9 Å². The standard InChI is InChI=1S/C27H31N5O2S/c1-34-20-2-3-21-22(14-20)30-26-23(17-33)32(16-24-29-10-13-35-24)18-27(25(21)26)6-11-31(12-7-27)15-19-4-8-28-9-5-19/h2-5,8-10,13-14,23,30,33H,6-7,11-12,15-18H2,1H3/t23-/m1/s1. The molecular weight excluding hydrogens is 458 g/mol. The summed E-state index contributed by atoms with van der Waals surface area (Å²) in [4.78, 5) is 17.4. The Bertz CT molecular complexity index is 1280. The number of nitrogens with one attached hydrogen (secondary N) is 1. The summed E-state index contributed by atoms with van der Waals surface area (Å²) in [6, 6.07) is 10.5. The maximum absolute atomic E-state index is 10.5. The van der Waals surface area contributed by atoms with Crippen molar-refractivity contribution in [2.24, 2.45) is 0 Å². The Morgan fingerprint density at radius 3 is 2.69 bits per heavy atom. The van der Waals surface area contributed by atoms with Crippen LogP contribution in [0.2, 0.25) is 0 Å². The molecule has 1 fully saturated rings. The number of nitrogens with zero attached hydrogens (tertiary/aromatic N) is 4. The Morgan fingerprint density at radius 1 is 1.14 bits per heavy atom. The first kappa shape index (κ1) is 22.7. The molecule has 1 saturated heterocycles. The molecule has 8 heteroatoms. The van der Waals surface area contributed by atoms with Crippen molar-refractivity contribution in [3.8, 4) is 5.75 Å². The second-order valence-corrected chi connectivity index (χ2v) is 10.7. The molecule has 182 valence electrons. The first-order valence-electron chi connectivity index (χ1n) is 12.2. The predicted molar refractivity (Wildman–Crippen MR) is 138 cm³/mol. The third-order valence-electron chi connectivity index (χ3n) is 7.81. The first-order valence-corrected chi connectivity index (χ1v) is 13.1. The summed E-state index contributed by atoms with van der Waals surface area (Å²) in [7, 11) is 1.70. The molecule has 6 rings (SSSR count). The molecule has 0 unspecified atom stereocenters. The van der Waals surface area contributed by atoms with Gasteiger partial charge in [-0.3, -0.25) is 14.8 Å². The van der Waals surface area contributed by atoms with E-state index in [0.717, 1.165) is 67.5 Å². The van der Waals surface area contributed by atoms with Crippen molar-refractivity contribution in [1.29, 1.82) is 0 Å². The van der Waals surface area contributed by atoms with Crippen molar-refractivity contribution in [2.45, 2.75) is 37.4 Å². The predicted octanol–water partition coefficient (Wildman–Crippen LogP) is 4.11. The highest BCUT2D eigenvalue weighted by Crippen LogP contribution is 2.49. The molecule has 2 N–H and O–H groups in total. The number of methoxy groups -OCH3 is 1. The monoisotopic (exact) mass is 489 g/mol. The van der Waals surface area contributed by atoms with Crippen LogP contribution in [0, 0.1) is 0 Å². The van der Waals surface area contributed by atoms with Gasteiger partial charge >= 0.3 is 0 Å². The van der Waals surface area contributed by atoms with Crippen LogP contribution in [-0.2, 0) is 18.5 Å². The molecule has 7 nitrogen and oxygen atoms in total. The van der Waals surface area contributed by atoms with Crippen molar-refractivity contribution < 1.29 is 9.84 Å². The van der Waals surface area contributed by atoms with E-state index < -0.39 is 0 Å². The topological polar surface area (TPSA) is 77.5 Å². The largest absolute Gasteiger partial charge is 0.497 e. The number of aromatic nitrogens is 3. The zero-order valence-electron chi connectivity index (χ0n) is 20.0. The summed E-state index contributed by atoms with van der Waals surface area (Å²) in [5.41, 5.74) is 4.97. The summed E-state index contributed by atoms with van der Waals surface area (Å²) < 4.78 is 5.51. The average Bonchev–Trinajstić information content (AvgIpc) is 3.54. The minimum Gasteiger partial charge on any atom is -0.497 e. The summed E-state index contributed by atoms with van der Waals surface area (Å²) >= 11 is 1.68. The molecule has 0 aliphatic carbocycles. The Morgan fingerprint density at radius 2 is 1.97 bits per heavy atom. The lowest BCUT2D eigenvalue weighted by Gasteiger charge is -2.50. The van der Waals surface area contributed by atoms with Crippen LogP contribution >= 0.6 is 11.3 Å². The van der Waals surface area contributed by atoms with Gasteiger partial charge < -0.3 is 14.8 Å². The number of rotatable bonds is 6. The van der Waals surface area contributed by atoms with Gasteiger partial charge in [0, 0.05) is 65.1 Å². The molecule has 1 spiro atoms. The number of piperidine rings is 1. The number of fused-ring (bicyclic) bond motifs is 4. The van der Waals surface area contributed by atoms with Crippen LogP contribution in [0.15, 0.2) is 54.3 Å². The lowest BCUT2D eigenvalue weighted by molar-refractivity contribution is 0.0419. The molecular formula is C27H31N5O2S. The highest BCUT2D eigenvalue weighted by molar-refractivity contribution is 7.09. The number of aliphatic hydroxyl groups is 1.